The van der Waals surface area contributed by atoms with Gasteiger partial charge in [0.15, 0.2) is 5.69 Å². The van der Waals surface area contributed by atoms with E-state index in [1.54, 1.807) is 4.68 Å². The lowest BCUT2D eigenvalue weighted by Crippen LogP contribution is -2.11. The maximum Gasteiger partial charge on any atom is 0.359 e. The molecule has 0 fully saturated rings. The number of carbonyl (C=O) groups is 2. The summed E-state index contributed by atoms with van der Waals surface area (Å²) in [7, 11) is 2.50. The Labute approximate surface area is 158 Å². The zero-order valence-corrected chi connectivity index (χ0v) is 15.7. The topological polar surface area (TPSA) is 70.4 Å². The van der Waals surface area contributed by atoms with E-state index in [2.05, 4.69) is 21.0 Å². The van der Waals surface area contributed by atoms with Gasteiger partial charge in [0.2, 0.25) is 0 Å². The molecule has 0 aliphatic heterocycles. The molecule has 0 spiro atoms. The molecule has 1 aromatic heterocycles. The normalized spacial score (nSPS) is 10.4. The maximum atomic E-state index is 12.5. The van der Waals surface area contributed by atoms with Crippen molar-refractivity contribution in [2.45, 2.75) is 0 Å². The predicted molar refractivity (Wildman–Crippen MR) is 99.4 cm³/mol. The van der Waals surface area contributed by atoms with E-state index < -0.39 is 11.9 Å². The summed E-state index contributed by atoms with van der Waals surface area (Å²) in [5.41, 5.74) is 1.83. The lowest BCUT2D eigenvalue weighted by Gasteiger charge is -2.09. The van der Waals surface area contributed by atoms with Crippen LogP contribution < -0.4 is 0 Å². The zero-order valence-electron chi connectivity index (χ0n) is 14.1. The number of halogens is 1. The average Bonchev–Trinajstić information content (AvgIpc) is 3.08. The molecule has 0 unspecified atom stereocenters. The quantitative estimate of drug-likeness (QED) is 0.605. The third-order valence-corrected chi connectivity index (χ3v) is 4.30. The van der Waals surface area contributed by atoms with E-state index in [1.807, 2.05) is 54.6 Å². The van der Waals surface area contributed by atoms with E-state index in [1.165, 1.54) is 14.2 Å². The lowest BCUT2D eigenvalue weighted by atomic mass is 10.1. The first-order valence-electron chi connectivity index (χ1n) is 7.67. The number of esters is 2. The minimum Gasteiger partial charge on any atom is -0.465 e. The largest absolute Gasteiger partial charge is 0.465 e. The predicted octanol–water partition coefficient (Wildman–Crippen LogP) is 3.88. The van der Waals surface area contributed by atoms with Gasteiger partial charge in [0.1, 0.15) is 5.56 Å². The second kappa shape index (κ2) is 7.53. The van der Waals surface area contributed by atoms with Gasteiger partial charge >= 0.3 is 11.9 Å². The SMILES string of the molecule is COC(=O)c1nn(-c2ccccc2)c(-c2ccc(Br)cc2)c1C(=O)OC. The summed E-state index contributed by atoms with van der Waals surface area (Å²) < 4.78 is 12.1. The molecule has 0 N–H and O–H groups in total. The van der Waals surface area contributed by atoms with Crippen LogP contribution >= 0.6 is 15.9 Å². The van der Waals surface area contributed by atoms with E-state index in [0.717, 1.165) is 4.47 Å². The Bertz CT molecular complexity index is 950. The number of benzene rings is 2. The molecule has 0 saturated heterocycles. The smallest absolute Gasteiger partial charge is 0.359 e. The molecule has 0 saturated carbocycles. The lowest BCUT2D eigenvalue weighted by molar-refractivity contribution is 0.0552. The van der Waals surface area contributed by atoms with Crippen molar-refractivity contribution in [1.29, 1.82) is 0 Å². The minimum absolute atomic E-state index is 0.0607. The van der Waals surface area contributed by atoms with Crippen molar-refractivity contribution in [3.63, 3.8) is 0 Å². The van der Waals surface area contributed by atoms with Crippen LogP contribution in [0.2, 0.25) is 0 Å². The van der Waals surface area contributed by atoms with E-state index in [9.17, 15) is 9.59 Å². The fourth-order valence-electron chi connectivity index (χ4n) is 2.58. The summed E-state index contributed by atoms with van der Waals surface area (Å²) in [6, 6.07) is 16.6. The van der Waals surface area contributed by atoms with Crippen LogP contribution in [-0.2, 0) is 9.47 Å². The van der Waals surface area contributed by atoms with Crippen molar-refractivity contribution < 1.29 is 19.1 Å². The van der Waals surface area contributed by atoms with Crippen LogP contribution in [0.25, 0.3) is 16.9 Å². The average molecular weight is 415 g/mol. The van der Waals surface area contributed by atoms with E-state index in [-0.39, 0.29) is 11.3 Å². The highest BCUT2D eigenvalue weighted by Crippen LogP contribution is 2.31. The summed E-state index contributed by atoms with van der Waals surface area (Å²) in [4.78, 5) is 24.7. The zero-order chi connectivity index (χ0) is 18.7. The first-order valence-corrected chi connectivity index (χ1v) is 8.47. The van der Waals surface area contributed by atoms with Crippen LogP contribution in [0.15, 0.2) is 59.1 Å². The number of carbonyl (C=O) groups excluding carboxylic acids is 2. The number of ether oxygens (including phenoxy) is 2. The van der Waals surface area contributed by atoms with Crippen molar-refractivity contribution in [2.24, 2.45) is 0 Å². The van der Waals surface area contributed by atoms with Gasteiger partial charge in [0.05, 0.1) is 25.6 Å². The Kier molecular flexibility index (Phi) is 5.18. The molecular weight excluding hydrogens is 400 g/mol. The highest BCUT2D eigenvalue weighted by Gasteiger charge is 2.30. The van der Waals surface area contributed by atoms with Gasteiger partial charge in [-0.3, -0.25) is 0 Å². The summed E-state index contributed by atoms with van der Waals surface area (Å²) in [6.45, 7) is 0. The van der Waals surface area contributed by atoms with Gasteiger partial charge in [-0.05, 0) is 24.3 Å². The third-order valence-electron chi connectivity index (χ3n) is 3.77. The molecular formula is C19H15BrN2O4. The molecule has 7 heteroatoms. The second-order valence-electron chi connectivity index (χ2n) is 5.31. The molecule has 0 radical (unpaired) electrons. The number of aromatic nitrogens is 2. The number of methoxy groups -OCH3 is 2. The van der Waals surface area contributed by atoms with Gasteiger partial charge in [-0.15, -0.1) is 0 Å². The van der Waals surface area contributed by atoms with Crippen LogP contribution in [0.1, 0.15) is 20.8 Å². The number of hydrogen-bond acceptors (Lipinski definition) is 5. The summed E-state index contributed by atoms with van der Waals surface area (Å²) in [5.74, 6) is -1.37. The molecule has 0 aliphatic carbocycles. The second-order valence-corrected chi connectivity index (χ2v) is 6.23. The van der Waals surface area contributed by atoms with Gasteiger partial charge in [-0.25, -0.2) is 14.3 Å². The molecule has 3 rings (SSSR count). The van der Waals surface area contributed by atoms with Crippen molar-refractivity contribution in [2.75, 3.05) is 14.2 Å². The molecule has 6 nitrogen and oxygen atoms in total. The summed E-state index contributed by atoms with van der Waals surface area (Å²) in [5, 5.41) is 4.35. The Morgan fingerprint density at radius 3 is 2.12 bits per heavy atom. The first kappa shape index (κ1) is 17.9. The molecule has 0 amide bonds. The Hall–Kier alpha value is -2.93. The van der Waals surface area contributed by atoms with Crippen LogP contribution in [0.3, 0.4) is 0 Å². The molecule has 26 heavy (non-hydrogen) atoms. The van der Waals surface area contributed by atoms with Gasteiger partial charge in [-0.2, -0.15) is 5.10 Å². The van der Waals surface area contributed by atoms with Crippen LogP contribution in [0, 0.1) is 0 Å². The van der Waals surface area contributed by atoms with Crippen molar-refractivity contribution in [3.8, 4) is 16.9 Å². The monoisotopic (exact) mass is 414 g/mol. The number of para-hydroxylation sites is 1. The summed E-state index contributed by atoms with van der Waals surface area (Å²) >= 11 is 3.39. The van der Waals surface area contributed by atoms with Crippen molar-refractivity contribution >= 4 is 27.9 Å². The Morgan fingerprint density at radius 2 is 1.54 bits per heavy atom. The maximum absolute atomic E-state index is 12.5. The molecule has 0 atom stereocenters. The number of nitrogens with zero attached hydrogens (tertiary/aromatic N) is 2. The summed E-state index contributed by atoms with van der Waals surface area (Å²) in [6.07, 6.45) is 0. The van der Waals surface area contributed by atoms with E-state index in [4.69, 9.17) is 9.47 Å². The molecule has 0 bridgehead atoms. The highest BCUT2D eigenvalue weighted by molar-refractivity contribution is 9.10. The Balaban J connectivity index is 2.36. The first-order chi connectivity index (χ1) is 12.6. The van der Waals surface area contributed by atoms with Gasteiger partial charge in [0.25, 0.3) is 0 Å². The minimum atomic E-state index is -0.710. The van der Waals surface area contributed by atoms with Crippen LogP contribution in [0.4, 0.5) is 0 Å². The van der Waals surface area contributed by atoms with Crippen LogP contribution in [0.5, 0.6) is 0 Å². The standard InChI is InChI=1S/C19H15BrN2O4/c1-25-18(23)15-16(19(24)26-2)21-22(14-6-4-3-5-7-14)17(15)12-8-10-13(20)11-9-12/h3-11H,1-2H3. The van der Waals surface area contributed by atoms with Gasteiger partial charge < -0.3 is 9.47 Å². The van der Waals surface area contributed by atoms with E-state index in [0.29, 0.717) is 16.9 Å². The van der Waals surface area contributed by atoms with Crippen molar-refractivity contribution in [3.05, 3.63) is 70.3 Å². The fraction of sp³-hybridized carbons (Fsp3) is 0.105. The molecule has 1 heterocycles. The molecule has 2 aromatic carbocycles. The van der Waals surface area contributed by atoms with E-state index >= 15 is 0 Å². The van der Waals surface area contributed by atoms with Gasteiger partial charge in [0, 0.05) is 10.0 Å². The highest BCUT2D eigenvalue weighted by atomic mass is 79.9. The fourth-order valence-corrected chi connectivity index (χ4v) is 2.85. The van der Waals surface area contributed by atoms with Crippen LogP contribution in [-0.4, -0.2) is 35.9 Å². The molecule has 3 aromatic rings. The number of hydrogen-bond donors (Lipinski definition) is 0. The Morgan fingerprint density at radius 1 is 0.923 bits per heavy atom. The van der Waals surface area contributed by atoms with Gasteiger partial charge in [-0.1, -0.05) is 46.3 Å². The van der Waals surface area contributed by atoms with Crippen molar-refractivity contribution in [1.82, 2.24) is 9.78 Å². The molecule has 0 aliphatic rings. The third kappa shape index (κ3) is 3.25. The molecule has 132 valence electrons. The number of rotatable bonds is 4.